The molecule has 3 aromatic rings. The van der Waals surface area contributed by atoms with Gasteiger partial charge in [0.15, 0.2) is 0 Å². The minimum absolute atomic E-state index is 0.148. The Bertz CT molecular complexity index is 784. The van der Waals surface area contributed by atoms with E-state index in [0.717, 1.165) is 5.52 Å². The molecule has 0 spiro atoms. The number of anilines is 1. The van der Waals surface area contributed by atoms with Gasteiger partial charge in [-0.05, 0) is 31.2 Å². The molecule has 0 fully saturated rings. The van der Waals surface area contributed by atoms with E-state index in [1.54, 1.807) is 53.7 Å². The van der Waals surface area contributed by atoms with Gasteiger partial charge in [0.1, 0.15) is 11.5 Å². The van der Waals surface area contributed by atoms with E-state index in [4.69, 9.17) is 5.73 Å². The number of imidazole rings is 1. The summed E-state index contributed by atoms with van der Waals surface area (Å²) in [6.07, 6.45) is 1.60. The molecule has 0 saturated heterocycles. The number of benzene rings is 1. The van der Waals surface area contributed by atoms with Gasteiger partial charge in [-0.2, -0.15) is 5.10 Å². The number of nitrogens with two attached hydrogens (primary N) is 1. The summed E-state index contributed by atoms with van der Waals surface area (Å²) in [6.45, 7) is 1.80. The normalized spacial score (nSPS) is 11.1. The van der Waals surface area contributed by atoms with Crippen LogP contribution in [0.25, 0.3) is 11.0 Å². The van der Waals surface area contributed by atoms with Crippen LogP contribution in [-0.2, 0) is 7.05 Å². The second kappa shape index (κ2) is 3.94. The summed E-state index contributed by atoms with van der Waals surface area (Å²) < 4.78 is 3.12. The maximum atomic E-state index is 12.5. The van der Waals surface area contributed by atoms with Crippen molar-refractivity contribution in [2.45, 2.75) is 6.92 Å². The number of nitrogen functional groups attached to an aromatic ring is 1. The Labute approximate surface area is 109 Å². The first kappa shape index (κ1) is 11.5. The number of aromatic nitrogens is 4. The largest absolute Gasteiger partial charge is 0.399 e. The van der Waals surface area contributed by atoms with Crippen molar-refractivity contribution in [3.63, 3.8) is 0 Å². The fourth-order valence-electron chi connectivity index (χ4n) is 2.17. The average molecular weight is 255 g/mol. The Hall–Kier alpha value is -2.63. The van der Waals surface area contributed by atoms with Crippen molar-refractivity contribution in [2.24, 2.45) is 7.05 Å². The average Bonchev–Trinajstić information content (AvgIpc) is 2.90. The SMILES string of the molecule is Cc1nc2cc(N)ccc2n1C(=O)c1ccnn1C. The Balaban J connectivity index is 2.23. The molecule has 0 amide bonds. The van der Waals surface area contributed by atoms with Crippen molar-refractivity contribution in [2.75, 3.05) is 5.73 Å². The van der Waals surface area contributed by atoms with Gasteiger partial charge in [-0.25, -0.2) is 4.98 Å². The van der Waals surface area contributed by atoms with Crippen LogP contribution in [0, 0.1) is 6.92 Å². The van der Waals surface area contributed by atoms with Crippen molar-refractivity contribution >= 4 is 22.6 Å². The van der Waals surface area contributed by atoms with E-state index in [2.05, 4.69) is 10.1 Å². The fraction of sp³-hybridized carbons (Fsp3) is 0.154. The highest BCUT2D eigenvalue weighted by Gasteiger charge is 2.18. The van der Waals surface area contributed by atoms with Crippen LogP contribution in [-0.4, -0.2) is 25.2 Å². The zero-order valence-corrected chi connectivity index (χ0v) is 10.7. The number of hydrogen-bond acceptors (Lipinski definition) is 4. The maximum absolute atomic E-state index is 12.5. The number of nitrogens with zero attached hydrogens (tertiary/aromatic N) is 4. The molecule has 3 rings (SSSR count). The predicted octanol–water partition coefficient (Wildman–Crippen LogP) is 1.35. The number of carbonyl (C=O) groups is 1. The lowest BCUT2D eigenvalue weighted by molar-refractivity contribution is 0.0953. The van der Waals surface area contributed by atoms with Gasteiger partial charge in [-0.1, -0.05) is 0 Å². The molecule has 0 aliphatic rings. The fourth-order valence-corrected chi connectivity index (χ4v) is 2.17. The number of fused-ring (bicyclic) bond motifs is 1. The molecule has 0 aliphatic heterocycles. The van der Waals surface area contributed by atoms with Gasteiger partial charge >= 0.3 is 0 Å². The lowest BCUT2D eigenvalue weighted by atomic mass is 10.2. The lowest BCUT2D eigenvalue weighted by Crippen LogP contribution is -2.17. The van der Waals surface area contributed by atoms with Gasteiger partial charge in [0.2, 0.25) is 0 Å². The van der Waals surface area contributed by atoms with Crippen LogP contribution in [0.1, 0.15) is 16.3 Å². The Morgan fingerprint density at radius 2 is 2.11 bits per heavy atom. The third-order valence-electron chi connectivity index (χ3n) is 3.09. The molecule has 0 saturated carbocycles. The van der Waals surface area contributed by atoms with E-state index in [1.165, 1.54) is 0 Å². The highest BCUT2D eigenvalue weighted by Crippen LogP contribution is 2.20. The molecule has 19 heavy (non-hydrogen) atoms. The van der Waals surface area contributed by atoms with Crippen LogP contribution in [0.4, 0.5) is 5.69 Å². The van der Waals surface area contributed by atoms with Crippen LogP contribution >= 0.6 is 0 Å². The summed E-state index contributed by atoms with van der Waals surface area (Å²) in [5.74, 6) is 0.483. The third-order valence-corrected chi connectivity index (χ3v) is 3.09. The van der Waals surface area contributed by atoms with Gasteiger partial charge in [-0.3, -0.25) is 14.0 Å². The molecule has 0 radical (unpaired) electrons. The molecule has 1 aromatic carbocycles. The summed E-state index contributed by atoms with van der Waals surface area (Å²) in [6, 6.07) is 7.01. The first-order valence-electron chi connectivity index (χ1n) is 5.85. The van der Waals surface area contributed by atoms with E-state index in [0.29, 0.717) is 22.7 Å². The van der Waals surface area contributed by atoms with Gasteiger partial charge in [0.05, 0.1) is 11.0 Å². The quantitative estimate of drug-likeness (QED) is 0.666. The van der Waals surface area contributed by atoms with Crippen molar-refractivity contribution in [3.05, 3.63) is 42.0 Å². The molecule has 2 aromatic heterocycles. The summed E-state index contributed by atoms with van der Waals surface area (Å²) >= 11 is 0. The number of carbonyl (C=O) groups excluding carboxylic acids is 1. The van der Waals surface area contributed by atoms with Crippen molar-refractivity contribution in [1.29, 1.82) is 0 Å². The summed E-state index contributed by atoms with van der Waals surface area (Å²) in [5.41, 5.74) is 8.34. The molecule has 0 unspecified atom stereocenters. The minimum Gasteiger partial charge on any atom is -0.399 e. The standard InChI is InChI=1S/C13H13N5O/c1-8-16-10-7-9(14)3-4-11(10)18(8)13(19)12-5-6-15-17(12)2/h3-7H,14H2,1-2H3. The highest BCUT2D eigenvalue weighted by atomic mass is 16.2. The zero-order valence-electron chi connectivity index (χ0n) is 10.7. The van der Waals surface area contributed by atoms with Crippen molar-refractivity contribution in [1.82, 2.24) is 19.3 Å². The lowest BCUT2D eigenvalue weighted by Gasteiger charge is -2.05. The molecular formula is C13H13N5O. The monoisotopic (exact) mass is 255 g/mol. The first-order valence-corrected chi connectivity index (χ1v) is 5.85. The van der Waals surface area contributed by atoms with Crippen molar-refractivity contribution < 1.29 is 4.79 Å². The maximum Gasteiger partial charge on any atom is 0.282 e. The van der Waals surface area contributed by atoms with E-state index < -0.39 is 0 Å². The number of rotatable bonds is 1. The van der Waals surface area contributed by atoms with E-state index in [-0.39, 0.29) is 5.91 Å². The van der Waals surface area contributed by atoms with Gasteiger partial charge in [0, 0.05) is 18.9 Å². The molecule has 2 heterocycles. The first-order chi connectivity index (χ1) is 9.08. The summed E-state index contributed by atoms with van der Waals surface area (Å²) in [4.78, 5) is 16.9. The topological polar surface area (TPSA) is 78.7 Å². The Kier molecular flexibility index (Phi) is 2.38. The summed E-state index contributed by atoms with van der Waals surface area (Å²) in [7, 11) is 1.74. The predicted molar refractivity (Wildman–Crippen MR) is 71.8 cm³/mol. The Morgan fingerprint density at radius 3 is 2.79 bits per heavy atom. The molecule has 96 valence electrons. The van der Waals surface area contributed by atoms with Gasteiger partial charge < -0.3 is 5.73 Å². The molecule has 0 bridgehead atoms. The van der Waals surface area contributed by atoms with E-state index in [9.17, 15) is 4.79 Å². The van der Waals surface area contributed by atoms with Crippen LogP contribution in [0.3, 0.4) is 0 Å². The molecule has 0 aliphatic carbocycles. The molecular weight excluding hydrogens is 242 g/mol. The second-order valence-corrected chi connectivity index (χ2v) is 4.39. The number of hydrogen-bond donors (Lipinski definition) is 1. The Morgan fingerprint density at radius 1 is 1.32 bits per heavy atom. The minimum atomic E-state index is -0.148. The molecule has 6 nitrogen and oxygen atoms in total. The zero-order chi connectivity index (χ0) is 13.6. The summed E-state index contributed by atoms with van der Waals surface area (Å²) in [5, 5.41) is 4.01. The van der Waals surface area contributed by atoms with E-state index in [1.807, 2.05) is 0 Å². The van der Waals surface area contributed by atoms with Gasteiger partial charge in [-0.15, -0.1) is 0 Å². The third kappa shape index (κ3) is 1.69. The van der Waals surface area contributed by atoms with Gasteiger partial charge in [0.25, 0.3) is 5.91 Å². The molecule has 0 atom stereocenters. The second-order valence-electron chi connectivity index (χ2n) is 4.39. The van der Waals surface area contributed by atoms with Crippen LogP contribution < -0.4 is 5.73 Å². The van der Waals surface area contributed by atoms with Crippen LogP contribution in [0.2, 0.25) is 0 Å². The molecule has 2 N–H and O–H groups in total. The molecule has 6 heteroatoms. The van der Waals surface area contributed by atoms with Crippen LogP contribution in [0.15, 0.2) is 30.5 Å². The van der Waals surface area contributed by atoms with Crippen molar-refractivity contribution in [3.8, 4) is 0 Å². The van der Waals surface area contributed by atoms with E-state index >= 15 is 0 Å². The highest BCUT2D eigenvalue weighted by molar-refractivity contribution is 6.00. The number of aryl methyl sites for hydroxylation is 2. The van der Waals surface area contributed by atoms with Crippen LogP contribution in [0.5, 0.6) is 0 Å². The smallest absolute Gasteiger partial charge is 0.282 e.